The maximum absolute atomic E-state index is 13.3. The molecule has 0 N–H and O–H groups in total. The van der Waals surface area contributed by atoms with Crippen molar-refractivity contribution < 1.29 is 18.0 Å². The molecule has 4 heterocycles. The van der Waals surface area contributed by atoms with Gasteiger partial charge in [-0.25, -0.2) is 15.0 Å². The molecule has 1 amide bonds. The van der Waals surface area contributed by atoms with Gasteiger partial charge in [0, 0.05) is 44.3 Å². The molecule has 0 radical (unpaired) electrons. The lowest BCUT2D eigenvalue weighted by Gasteiger charge is -2.50. The minimum Gasteiger partial charge on any atom is -0.363 e. The molecule has 2 aromatic heterocycles. The number of likely N-dealkylation sites (tertiary alicyclic amines) is 2. The Morgan fingerprint density at radius 1 is 0.951 bits per heavy atom. The van der Waals surface area contributed by atoms with Crippen LogP contribution in [0.5, 0.6) is 0 Å². The van der Waals surface area contributed by atoms with E-state index in [0.29, 0.717) is 42.3 Å². The van der Waals surface area contributed by atoms with E-state index >= 15 is 0 Å². The number of hydrogen-bond donors (Lipinski definition) is 0. The quantitative estimate of drug-likeness (QED) is 0.383. The lowest BCUT2D eigenvalue weighted by molar-refractivity contribution is -0.141. The Balaban J connectivity index is 1.24. The van der Waals surface area contributed by atoms with E-state index in [9.17, 15) is 18.0 Å². The van der Waals surface area contributed by atoms with Crippen molar-refractivity contribution in [3.8, 4) is 0 Å². The summed E-state index contributed by atoms with van der Waals surface area (Å²) < 4.78 is 39.5. The molecule has 218 valence electrons. The molecule has 0 bridgehead atoms. The Morgan fingerprint density at radius 3 is 2.15 bits per heavy atom. The van der Waals surface area contributed by atoms with Crippen molar-refractivity contribution in [3.63, 3.8) is 0 Å². The fraction of sp³-hybridized carbons (Fsp3) is 0.484. The predicted molar refractivity (Wildman–Crippen MR) is 152 cm³/mol. The Morgan fingerprint density at radius 2 is 1.59 bits per heavy atom. The van der Waals surface area contributed by atoms with Crippen molar-refractivity contribution in [2.45, 2.75) is 70.8 Å². The van der Waals surface area contributed by atoms with E-state index in [1.54, 1.807) is 6.07 Å². The summed E-state index contributed by atoms with van der Waals surface area (Å²) in [5.41, 5.74) is 2.94. The molecule has 10 heteroatoms. The van der Waals surface area contributed by atoms with Crippen molar-refractivity contribution in [1.82, 2.24) is 24.8 Å². The van der Waals surface area contributed by atoms with Gasteiger partial charge >= 0.3 is 6.18 Å². The number of amides is 1. The smallest absolute Gasteiger partial charge is 0.363 e. The fourth-order valence-corrected chi connectivity index (χ4v) is 6.22. The molecule has 7 nitrogen and oxygen atoms in total. The van der Waals surface area contributed by atoms with Gasteiger partial charge in [0.25, 0.3) is 5.91 Å². The zero-order valence-corrected chi connectivity index (χ0v) is 23.9. The standard InChI is InChI=1S/C31H37F3N6O/c1-22-28(23(2)37-21-36-22)29(41)38-17-13-30(3,14-18-38)39-15-11-25(12-16-39)40(20-24-7-5-4-6-8-24)26-9-10-27(35-19-26)31(32,33)34/h4-10,19,21,25H,11-18,20H2,1-3H3. The number of piperidine rings is 2. The third-order valence-electron chi connectivity index (χ3n) is 8.80. The molecule has 0 unspecified atom stereocenters. The molecule has 2 saturated heterocycles. The summed E-state index contributed by atoms with van der Waals surface area (Å²) in [5, 5.41) is 0. The number of anilines is 1. The van der Waals surface area contributed by atoms with Gasteiger partial charge < -0.3 is 9.80 Å². The molecule has 2 aliphatic heterocycles. The van der Waals surface area contributed by atoms with Crippen LogP contribution in [-0.2, 0) is 12.7 Å². The fourth-order valence-electron chi connectivity index (χ4n) is 6.22. The van der Waals surface area contributed by atoms with Gasteiger partial charge in [-0.15, -0.1) is 0 Å². The minimum atomic E-state index is -4.46. The second kappa shape index (κ2) is 11.8. The van der Waals surface area contributed by atoms with Crippen molar-refractivity contribution in [2.75, 3.05) is 31.1 Å². The third kappa shape index (κ3) is 6.37. The number of benzene rings is 1. The molecule has 0 spiro atoms. The first kappa shape index (κ1) is 29.0. The first-order chi connectivity index (χ1) is 19.5. The van der Waals surface area contributed by atoms with Crippen LogP contribution >= 0.6 is 0 Å². The van der Waals surface area contributed by atoms with E-state index in [4.69, 9.17) is 0 Å². The number of alkyl halides is 3. The molecule has 41 heavy (non-hydrogen) atoms. The Labute approximate surface area is 239 Å². The molecule has 0 aliphatic carbocycles. The van der Waals surface area contributed by atoms with Gasteiger partial charge in [-0.1, -0.05) is 30.3 Å². The summed E-state index contributed by atoms with van der Waals surface area (Å²) in [6.45, 7) is 9.73. The lowest BCUT2D eigenvalue weighted by atomic mass is 9.85. The van der Waals surface area contributed by atoms with Gasteiger partial charge in [-0.3, -0.25) is 9.69 Å². The number of rotatable bonds is 6. The zero-order chi connectivity index (χ0) is 29.2. The third-order valence-corrected chi connectivity index (χ3v) is 8.80. The molecule has 2 aliphatic rings. The van der Waals surface area contributed by atoms with E-state index in [-0.39, 0.29) is 17.5 Å². The van der Waals surface area contributed by atoms with Crippen molar-refractivity contribution in [1.29, 1.82) is 0 Å². The number of aromatic nitrogens is 3. The molecule has 1 aromatic carbocycles. The van der Waals surface area contributed by atoms with E-state index in [2.05, 4.69) is 31.7 Å². The number of carbonyl (C=O) groups excluding carboxylic acids is 1. The monoisotopic (exact) mass is 566 g/mol. The van der Waals surface area contributed by atoms with Gasteiger partial charge in [0.1, 0.15) is 12.0 Å². The van der Waals surface area contributed by atoms with Crippen molar-refractivity contribution >= 4 is 11.6 Å². The highest BCUT2D eigenvalue weighted by atomic mass is 19.4. The van der Waals surface area contributed by atoms with Crippen LogP contribution in [0, 0.1) is 13.8 Å². The summed E-state index contributed by atoms with van der Waals surface area (Å²) in [7, 11) is 0. The maximum atomic E-state index is 13.3. The molecule has 0 atom stereocenters. The normalized spacial score (nSPS) is 18.3. The van der Waals surface area contributed by atoms with Crippen LogP contribution in [0.2, 0.25) is 0 Å². The first-order valence-corrected chi connectivity index (χ1v) is 14.2. The molecule has 5 rings (SSSR count). The van der Waals surface area contributed by atoms with Crippen LogP contribution in [0.15, 0.2) is 55.0 Å². The van der Waals surface area contributed by atoms with Crippen LogP contribution in [0.4, 0.5) is 18.9 Å². The molecule has 0 saturated carbocycles. The minimum absolute atomic E-state index is 0.00284. The van der Waals surface area contributed by atoms with Crippen molar-refractivity contribution in [2.24, 2.45) is 0 Å². The van der Waals surface area contributed by atoms with Crippen LogP contribution in [0.25, 0.3) is 0 Å². The van der Waals surface area contributed by atoms with Gasteiger partial charge in [0.2, 0.25) is 0 Å². The number of aryl methyl sites for hydroxylation is 2. The number of pyridine rings is 1. The van der Waals surface area contributed by atoms with Crippen LogP contribution in [0.1, 0.15) is 65.6 Å². The molecular weight excluding hydrogens is 529 g/mol. The Kier molecular flexibility index (Phi) is 8.31. The number of halogens is 3. The van der Waals surface area contributed by atoms with Gasteiger partial charge in [0.15, 0.2) is 0 Å². The molecule has 2 fully saturated rings. The van der Waals surface area contributed by atoms with Crippen LogP contribution in [-0.4, -0.2) is 68.4 Å². The lowest BCUT2D eigenvalue weighted by Crippen LogP contribution is -2.58. The highest BCUT2D eigenvalue weighted by Gasteiger charge is 2.40. The average molecular weight is 567 g/mol. The average Bonchev–Trinajstić information content (AvgIpc) is 2.96. The highest BCUT2D eigenvalue weighted by molar-refractivity contribution is 5.96. The van der Waals surface area contributed by atoms with Crippen molar-refractivity contribution in [3.05, 3.63) is 83.2 Å². The van der Waals surface area contributed by atoms with Crippen LogP contribution < -0.4 is 4.90 Å². The summed E-state index contributed by atoms with van der Waals surface area (Å²) in [6.07, 6.45) is 1.94. The van der Waals surface area contributed by atoms with Gasteiger partial charge in [-0.2, -0.15) is 13.2 Å². The van der Waals surface area contributed by atoms with E-state index in [1.807, 2.05) is 49.1 Å². The second-order valence-electron chi connectivity index (χ2n) is 11.4. The van der Waals surface area contributed by atoms with Crippen LogP contribution in [0.3, 0.4) is 0 Å². The maximum Gasteiger partial charge on any atom is 0.433 e. The Hall–Kier alpha value is -3.53. The number of hydrogen-bond acceptors (Lipinski definition) is 6. The SMILES string of the molecule is Cc1ncnc(C)c1C(=O)N1CCC(C)(N2CCC(N(Cc3ccccc3)c3ccc(C(F)(F)F)nc3)CC2)CC1. The summed E-state index contributed by atoms with van der Waals surface area (Å²) in [4.78, 5) is 32.1. The summed E-state index contributed by atoms with van der Waals surface area (Å²) in [6, 6.07) is 12.8. The topological polar surface area (TPSA) is 65.5 Å². The number of nitrogens with zero attached hydrogens (tertiary/aromatic N) is 6. The second-order valence-corrected chi connectivity index (χ2v) is 11.4. The van der Waals surface area contributed by atoms with E-state index in [0.717, 1.165) is 50.4 Å². The predicted octanol–water partition coefficient (Wildman–Crippen LogP) is 5.67. The summed E-state index contributed by atoms with van der Waals surface area (Å²) in [5.74, 6) is 0.00284. The molecule has 3 aromatic rings. The summed E-state index contributed by atoms with van der Waals surface area (Å²) >= 11 is 0. The van der Waals surface area contributed by atoms with Gasteiger partial charge in [0.05, 0.1) is 28.8 Å². The van der Waals surface area contributed by atoms with E-state index in [1.165, 1.54) is 12.5 Å². The number of carbonyl (C=O) groups is 1. The van der Waals surface area contributed by atoms with Gasteiger partial charge in [-0.05, 0) is 64.2 Å². The first-order valence-electron chi connectivity index (χ1n) is 14.2. The Bertz CT molecular complexity index is 1310. The zero-order valence-electron chi connectivity index (χ0n) is 23.9. The largest absolute Gasteiger partial charge is 0.433 e. The van der Waals surface area contributed by atoms with E-state index < -0.39 is 11.9 Å². The molecular formula is C31H37F3N6O. The highest BCUT2D eigenvalue weighted by Crippen LogP contribution is 2.35.